The molecular formula is C40H66O16. The van der Waals surface area contributed by atoms with E-state index in [-0.39, 0.29) is 36.9 Å². The van der Waals surface area contributed by atoms with E-state index in [1.165, 1.54) is 0 Å². The predicted molar refractivity (Wildman–Crippen MR) is 195 cm³/mol. The van der Waals surface area contributed by atoms with Crippen molar-refractivity contribution in [3.63, 3.8) is 0 Å². The number of hydrogen-bond donors (Lipinski definition) is 11. The summed E-state index contributed by atoms with van der Waals surface area (Å²) in [6.45, 7) is 10.2. The Kier molecular flexibility index (Phi) is 12.4. The summed E-state index contributed by atoms with van der Waals surface area (Å²) in [5, 5.41) is 117. The molecule has 5 fully saturated rings. The van der Waals surface area contributed by atoms with E-state index >= 15 is 0 Å². The Morgan fingerprint density at radius 2 is 1.45 bits per heavy atom. The first-order valence-electron chi connectivity index (χ1n) is 20.3. The summed E-state index contributed by atoms with van der Waals surface area (Å²) < 4.78 is 22.8. The summed E-state index contributed by atoms with van der Waals surface area (Å²) in [6.07, 6.45) is -13.7. The second-order valence-corrected chi connectivity index (χ2v) is 19.3. The van der Waals surface area contributed by atoms with Crippen LogP contribution in [0.5, 0.6) is 0 Å². The van der Waals surface area contributed by atoms with Gasteiger partial charge in [0, 0.05) is 5.92 Å². The average molecular weight is 803 g/mol. The summed E-state index contributed by atoms with van der Waals surface area (Å²) in [6, 6.07) is 0. The molecule has 2 aliphatic heterocycles. The number of fused-ring (bicyclic) bond motifs is 5. The minimum Gasteiger partial charge on any atom is -0.394 e. The van der Waals surface area contributed by atoms with E-state index in [4.69, 9.17) is 18.9 Å². The van der Waals surface area contributed by atoms with Crippen LogP contribution in [0.15, 0.2) is 11.6 Å². The molecule has 0 bridgehead atoms. The lowest BCUT2D eigenvalue weighted by Gasteiger charge is -2.62. The summed E-state index contributed by atoms with van der Waals surface area (Å²) in [7, 11) is 0. The van der Waals surface area contributed by atoms with Crippen molar-refractivity contribution in [2.45, 2.75) is 184 Å². The van der Waals surface area contributed by atoms with Crippen LogP contribution in [0.4, 0.5) is 0 Å². The molecule has 2 saturated heterocycles. The van der Waals surface area contributed by atoms with Gasteiger partial charge in [0.2, 0.25) is 0 Å². The third kappa shape index (κ3) is 7.46. The molecule has 2 heterocycles. The van der Waals surface area contributed by atoms with E-state index in [2.05, 4.69) is 13.8 Å². The minimum atomic E-state index is -1.78. The molecular weight excluding hydrogens is 736 g/mol. The third-order valence-corrected chi connectivity index (χ3v) is 15.4. The van der Waals surface area contributed by atoms with Gasteiger partial charge < -0.3 is 75.1 Å². The maximum absolute atomic E-state index is 14.2. The number of aliphatic hydroxyl groups is 11. The molecule has 56 heavy (non-hydrogen) atoms. The second-order valence-electron chi connectivity index (χ2n) is 19.3. The lowest BCUT2D eigenvalue weighted by atomic mass is 9.43. The Hall–Kier alpha value is -1.19. The highest BCUT2D eigenvalue weighted by molar-refractivity contribution is 5.94. The van der Waals surface area contributed by atoms with Gasteiger partial charge in [-0.05, 0) is 106 Å². The average Bonchev–Trinajstić information content (AvgIpc) is 3.41. The Labute approximate surface area is 328 Å². The van der Waals surface area contributed by atoms with Gasteiger partial charge in [-0.3, -0.25) is 4.79 Å². The van der Waals surface area contributed by atoms with Gasteiger partial charge in [-0.1, -0.05) is 26.3 Å². The van der Waals surface area contributed by atoms with Gasteiger partial charge in [-0.2, -0.15) is 0 Å². The number of hydrogen-bond acceptors (Lipinski definition) is 16. The maximum Gasteiger partial charge on any atom is 0.187 e. The number of carbonyl (C=O) groups excluding carboxylic acids is 1. The van der Waals surface area contributed by atoms with Crippen molar-refractivity contribution in [1.82, 2.24) is 0 Å². The Morgan fingerprint density at radius 3 is 2.07 bits per heavy atom. The van der Waals surface area contributed by atoms with Crippen LogP contribution in [-0.2, 0) is 23.7 Å². The van der Waals surface area contributed by atoms with Gasteiger partial charge in [0.1, 0.15) is 48.8 Å². The molecule has 3 saturated carbocycles. The highest BCUT2D eigenvalue weighted by Crippen LogP contribution is 2.72. The lowest BCUT2D eigenvalue weighted by molar-refractivity contribution is -0.341. The molecule has 0 aromatic rings. The van der Waals surface area contributed by atoms with E-state index in [0.717, 1.165) is 12.0 Å². The molecule has 0 amide bonds. The monoisotopic (exact) mass is 802 g/mol. The van der Waals surface area contributed by atoms with Crippen molar-refractivity contribution < 1.29 is 79.9 Å². The molecule has 16 nitrogen and oxygen atoms in total. The van der Waals surface area contributed by atoms with Crippen LogP contribution in [0.25, 0.3) is 0 Å². The van der Waals surface area contributed by atoms with Crippen LogP contribution in [-0.4, -0.2) is 166 Å². The van der Waals surface area contributed by atoms with Crippen LogP contribution >= 0.6 is 0 Å². The van der Waals surface area contributed by atoms with E-state index in [1.807, 2.05) is 6.92 Å². The topological polar surface area (TPSA) is 277 Å². The molecule has 0 aromatic heterocycles. The SMILES string of the molecule is CC(C)(O)CCC(O)C(C)(O)C1CCC2(C)C3=CC(=O)C4CC(OC5OC(COC6OC(CO)C(O)C(O)C6O)C(O)C(O)C5O)C(O)CC4(C)C3CCC12C. The van der Waals surface area contributed by atoms with Crippen molar-refractivity contribution in [2.24, 2.45) is 34.0 Å². The van der Waals surface area contributed by atoms with Crippen molar-refractivity contribution in [1.29, 1.82) is 0 Å². The molecule has 6 rings (SSSR count). The van der Waals surface area contributed by atoms with Crippen molar-refractivity contribution >= 4 is 5.78 Å². The molecule has 20 unspecified atom stereocenters. The van der Waals surface area contributed by atoms with E-state index in [1.54, 1.807) is 26.8 Å². The Bertz CT molecular complexity index is 1450. The van der Waals surface area contributed by atoms with Crippen LogP contribution in [0.2, 0.25) is 0 Å². The zero-order valence-electron chi connectivity index (χ0n) is 33.3. The van der Waals surface area contributed by atoms with Crippen molar-refractivity contribution in [2.75, 3.05) is 13.2 Å². The standard InChI is InChI=1S/C40H66O16/c1-36(2,51)10-9-27(44)40(6,52)26-8-12-38(4)19-13-21(42)20-14-23(22(43)15-37(20,3)18(19)7-11-39(26,38)5)54-35-33(50)31(48)29(46)25(56-35)17-53-34-32(49)30(47)28(45)24(16-41)55-34/h13,18,20,22-35,41,43-52H,7-12,14-17H2,1-6H3. The van der Waals surface area contributed by atoms with Gasteiger partial charge >= 0.3 is 0 Å². The molecule has 322 valence electrons. The predicted octanol–water partition coefficient (Wildman–Crippen LogP) is -1.22. The van der Waals surface area contributed by atoms with Crippen LogP contribution in [0.1, 0.15) is 92.9 Å². The molecule has 20 atom stereocenters. The Balaban J connectivity index is 1.15. The smallest absolute Gasteiger partial charge is 0.187 e. The fourth-order valence-corrected chi connectivity index (χ4v) is 11.6. The second kappa shape index (κ2) is 15.7. The van der Waals surface area contributed by atoms with Crippen LogP contribution in [0, 0.1) is 34.0 Å². The largest absolute Gasteiger partial charge is 0.394 e. The number of ether oxygens (including phenoxy) is 4. The molecule has 6 aliphatic rings. The molecule has 0 aromatic carbocycles. The maximum atomic E-state index is 14.2. The number of rotatable bonds is 11. The van der Waals surface area contributed by atoms with E-state index < -0.39 is 126 Å². The number of allylic oxidation sites excluding steroid dienone is 2. The zero-order chi connectivity index (χ0) is 41.5. The van der Waals surface area contributed by atoms with Gasteiger partial charge in [0.15, 0.2) is 18.4 Å². The normalized spacial score (nSPS) is 50.0. The summed E-state index contributed by atoms with van der Waals surface area (Å²) >= 11 is 0. The first kappa shape index (κ1) is 44.4. The number of carbonyl (C=O) groups is 1. The highest BCUT2D eigenvalue weighted by atomic mass is 16.7. The molecule has 4 aliphatic carbocycles. The fraction of sp³-hybridized carbons (Fsp3) is 0.925. The van der Waals surface area contributed by atoms with Gasteiger partial charge in [-0.15, -0.1) is 0 Å². The zero-order valence-corrected chi connectivity index (χ0v) is 33.3. The van der Waals surface area contributed by atoms with Crippen molar-refractivity contribution in [3.8, 4) is 0 Å². The molecule has 0 spiro atoms. The number of ketones is 1. The fourth-order valence-electron chi connectivity index (χ4n) is 11.6. The molecule has 11 N–H and O–H groups in total. The van der Waals surface area contributed by atoms with Crippen LogP contribution < -0.4 is 0 Å². The van der Waals surface area contributed by atoms with Crippen LogP contribution in [0.3, 0.4) is 0 Å². The molecule has 0 radical (unpaired) electrons. The third-order valence-electron chi connectivity index (χ3n) is 15.4. The lowest BCUT2D eigenvalue weighted by Crippen LogP contribution is -2.63. The summed E-state index contributed by atoms with van der Waals surface area (Å²) in [4.78, 5) is 14.2. The first-order chi connectivity index (χ1) is 25.9. The summed E-state index contributed by atoms with van der Waals surface area (Å²) in [5.41, 5.74) is -2.96. The van der Waals surface area contributed by atoms with Crippen molar-refractivity contribution in [3.05, 3.63) is 11.6 Å². The summed E-state index contributed by atoms with van der Waals surface area (Å²) in [5.74, 6) is -0.990. The van der Waals surface area contributed by atoms with E-state index in [0.29, 0.717) is 25.7 Å². The molecule has 16 heteroatoms. The van der Waals surface area contributed by atoms with Gasteiger partial charge in [0.25, 0.3) is 0 Å². The van der Waals surface area contributed by atoms with Gasteiger partial charge in [0.05, 0.1) is 42.7 Å². The number of aliphatic hydroxyl groups excluding tert-OH is 9. The minimum absolute atomic E-state index is 0.0554. The van der Waals surface area contributed by atoms with E-state index in [9.17, 15) is 61.0 Å². The first-order valence-corrected chi connectivity index (χ1v) is 20.3. The van der Waals surface area contributed by atoms with Gasteiger partial charge in [-0.25, -0.2) is 0 Å². The quantitative estimate of drug-likeness (QED) is 0.117. The highest BCUT2D eigenvalue weighted by Gasteiger charge is 2.68. The Morgan fingerprint density at radius 1 is 0.839 bits per heavy atom.